The standard InChI is InChI=1S/C17H26N3O7P/c1-10(2)26-16(22)12(4)19-28(24)25-8-6-13-9-11(3)15(27-13)20-7-5-14(21)18-17(20)23/h5,7,10-13,15H,6,8-9H2,1-4H3,(H-,18,19,21,23,24)/p+1/t11-,12+,13+,15+/m0/s1. The van der Waals surface area contributed by atoms with Crippen LogP contribution in [0.5, 0.6) is 0 Å². The maximum atomic E-state index is 11.9. The van der Waals surface area contributed by atoms with E-state index in [9.17, 15) is 18.9 Å². The second-order valence-corrected chi connectivity index (χ2v) is 8.13. The molecule has 11 heteroatoms. The molecule has 1 aliphatic rings. The van der Waals surface area contributed by atoms with Crippen LogP contribution in [0.4, 0.5) is 0 Å². The van der Waals surface area contributed by atoms with E-state index in [2.05, 4.69) is 10.1 Å². The van der Waals surface area contributed by atoms with Crippen molar-refractivity contribution in [3.63, 3.8) is 0 Å². The molecule has 0 spiro atoms. The molecule has 2 N–H and O–H groups in total. The number of carbonyl (C=O) groups is 1. The summed E-state index contributed by atoms with van der Waals surface area (Å²) in [6.07, 6.45) is 1.69. The summed E-state index contributed by atoms with van der Waals surface area (Å²) in [7, 11) is -2.22. The van der Waals surface area contributed by atoms with Crippen molar-refractivity contribution in [2.75, 3.05) is 6.61 Å². The van der Waals surface area contributed by atoms with Gasteiger partial charge in [-0.3, -0.25) is 19.1 Å². The zero-order valence-corrected chi connectivity index (χ0v) is 17.3. The summed E-state index contributed by atoms with van der Waals surface area (Å²) in [5.74, 6) is -0.435. The van der Waals surface area contributed by atoms with E-state index in [1.54, 1.807) is 20.8 Å². The van der Waals surface area contributed by atoms with Gasteiger partial charge in [-0.2, -0.15) is 0 Å². The van der Waals surface area contributed by atoms with Crippen LogP contribution in [-0.2, 0) is 23.4 Å². The zero-order valence-electron chi connectivity index (χ0n) is 16.4. The van der Waals surface area contributed by atoms with Crippen LogP contribution in [0, 0.1) is 5.92 Å². The van der Waals surface area contributed by atoms with Crippen molar-refractivity contribution in [3.05, 3.63) is 33.1 Å². The van der Waals surface area contributed by atoms with Gasteiger partial charge in [-0.25, -0.2) is 4.79 Å². The summed E-state index contributed by atoms with van der Waals surface area (Å²) >= 11 is 0. The first-order valence-electron chi connectivity index (χ1n) is 9.21. The topological polar surface area (TPSA) is 129 Å². The van der Waals surface area contributed by atoms with Crippen molar-refractivity contribution in [2.24, 2.45) is 5.92 Å². The predicted molar refractivity (Wildman–Crippen MR) is 101 cm³/mol. The van der Waals surface area contributed by atoms with Crippen LogP contribution < -0.4 is 16.3 Å². The lowest BCUT2D eigenvalue weighted by Crippen LogP contribution is -2.33. The highest BCUT2D eigenvalue weighted by atomic mass is 31.1. The van der Waals surface area contributed by atoms with E-state index in [4.69, 9.17) is 14.0 Å². The van der Waals surface area contributed by atoms with Crippen molar-refractivity contribution in [3.8, 4) is 0 Å². The first-order chi connectivity index (χ1) is 13.2. The number of hydrogen-bond donors (Lipinski definition) is 2. The van der Waals surface area contributed by atoms with Gasteiger partial charge in [0.25, 0.3) is 5.56 Å². The van der Waals surface area contributed by atoms with Crippen LogP contribution in [0.2, 0.25) is 0 Å². The fourth-order valence-electron chi connectivity index (χ4n) is 2.92. The van der Waals surface area contributed by atoms with E-state index in [1.807, 2.05) is 6.92 Å². The number of nitrogens with zero attached hydrogens (tertiary/aromatic N) is 1. The monoisotopic (exact) mass is 416 g/mol. The first kappa shape index (κ1) is 22.4. The molecule has 28 heavy (non-hydrogen) atoms. The van der Waals surface area contributed by atoms with Crippen LogP contribution in [0.25, 0.3) is 0 Å². The van der Waals surface area contributed by atoms with Crippen molar-refractivity contribution in [2.45, 2.75) is 65.0 Å². The van der Waals surface area contributed by atoms with Gasteiger partial charge in [-0.1, -0.05) is 12.0 Å². The predicted octanol–water partition coefficient (Wildman–Crippen LogP) is 1.45. The number of aromatic amines is 1. The average molecular weight is 416 g/mol. The van der Waals surface area contributed by atoms with Crippen LogP contribution in [0.3, 0.4) is 0 Å². The third kappa shape index (κ3) is 6.34. The Balaban J connectivity index is 1.78. The Bertz CT molecular complexity index is 806. The molecule has 0 radical (unpaired) electrons. The lowest BCUT2D eigenvalue weighted by atomic mass is 10.0. The Kier molecular flexibility index (Phi) is 8.06. The Hall–Kier alpha value is -1.87. The number of H-pyrrole nitrogens is 1. The van der Waals surface area contributed by atoms with Gasteiger partial charge in [0.2, 0.25) is 0 Å². The number of esters is 1. The van der Waals surface area contributed by atoms with Gasteiger partial charge in [0, 0.05) is 24.6 Å². The lowest BCUT2D eigenvalue weighted by Gasteiger charge is -2.17. The van der Waals surface area contributed by atoms with Gasteiger partial charge in [0.05, 0.1) is 12.2 Å². The summed E-state index contributed by atoms with van der Waals surface area (Å²) in [6, 6.07) is 0.528. The highest BCUT2D eigenvalue weighted by Gasteiger charge is 2.35. The molecule has 0 amide bonds. The molecular weight excluding hydrogens is 389 g/mol. The van der Waals surface area contributed by atoms with Gasteiger partial charge >= 0.3 is 19.8 Å². The molecule has 1 unspecified atom stereocenters. The number of aromatic nitrogens is 2. The minimum Gasteiger partial charge on any atom is -0.462 e. The van der Waals surface area contributed by atoms with Gasteiger partial charge in [-0.15, -0.1) is 4.52 Å². The molecule has 1 aromatic rings. The number of carbonyl (C=O) groups excluding carboxylic acids is 1. The molecule has 156 valence electrons. The molecule has 5 atom stereocenters. The molecule has 1 saturated heterocycles. The molecule has 2 rings (SSSR count). The summed E-state index contributed by atoms with van der Waals surface area (Å²) in [4.78, 5) is 37.0. The van der Waals surface area contributed by atoms with Crippen LogP contribution >= 0.6 is 8.18 Å². The third-order valence-electron chi connectivity index (χ3n) is 4.23. The van der Waals surface area contributed by atoms with Crippen molar-refractivity contribution < 1.29 is 23.4 Å². The van der Waals surface area contributed by atoms with Gasteiger partial charge < -0.3 is 9.47 Å². The van der Waals surface area contributed by atoms with Crippen LogP contribution in [-0.4, -0.2) is 40.4 Å². The second kappa shape index (κ2) is 10.1. The minimum atomic E-state index is -2.22. The fourth-order valence-corrected chi connectivity index (χ4v) is 3.69. The SMILES string of the molecule is CC(C)OC(=O)[C@@H](C)N[P+](=O)OCC[C@@H]1C[C@H](C)[C@H](n2ccc(=O)[nH]c2=O)O1. The Morgan fingerprint density at radius 3 is 2.79 bits per heavy atom. The summed E-state index contributed by atoms with van der Waals surface area (Å²) < 4.78 is 29.5. The van der Waals surface area contributed by atoms with Crippen molar-refractivity contribution in [1.29, 1.82) is 0 Å². The normalized spacial score (nSPS) is 23.6. The molecule has 1 aliphatic heterocycles. The lowest BCUT2D eigenvalue weighted by molar-refractivity contribution is -0.149. The van der Waals surface area contributed by atoms with E-state index < -0.39 is 37.7 Å². The van der Waals surface area contributed by atoms with Crippen molar-refractivity contribution >= 4 is 14.1 Å². The summed E-state index contributed by atoms with van der Waals surface area (Å²) in [5.41, 5.74) is -0.976. The fraction of sp³-hybridized carbons (Fsp3) is 0.706. The van der Waals surface area contributed by atoms with Gasteiger partial charge in [0.1, 0.15) is 18.9 Å². The highest BCUT2D eigenvalue weighted by molar-refractivity contribution is 7.36. The smallest absolute Gasteiger partial charge is 0.462 e. The van der Waals surface area contributed by atoms with E-state index >= 15 is 0 Å². The summed E-state index contributed by atoms with van der Waals surface area (Å²) in [6.45, 7) is 7.14. The average Bonchev–Trinajstić information content (AvgIpc) is 2.94. The van der Waals surface area contributed by atoms with Crippen LogP contribution in [0.15, 0.2) is 21.9 Å². The molecule has 0 bridgehead atoms. The molecule has 1 aromatic heterocycles. The largest absolute Gasteiger partial charge is 0.613 e. The molecular formula is C17H27N3O7P+. The molecule has 0 aromatic carbocycles. The van der Waals surface area contributed by atoms with E-state index in [1.165, 1.54) is 16.8 Å². The maximum Gasteiger partial charge on any atom is 0.613 e. The van der Waals surface area contributed by atoms with Crippen molar-refractivity contribution in [1.82, 2.24) is 14.6 Å². The van der Waals surface area contributed by atoms with E-state index in [0.717, 1.165) is 0 Å². The van der Waals surface area contributed by atoms with Gasteiger partial charge in [0.15, 0.2) is 0 Å². The number of hydrogen-bond acceptors (Lipinski definition) is 7. The van der Waals surface area contributed by atoms with Crippen LogP contribution in [0.1, 0.15) is 46.8 Å². The molecule has 1 fully saturated rings. The molecule has 0 saturated carbocycles. The summed E-state index contributed by atoms with van der Waals surface area (Å²) in [5, 5.41) is 2.56. The maximum absolute atomic E-state index is 11.9. The molecule has 2 heterocycles. The zero-order chi connectivity index (χ0) is 20.8. The molecule has 0 aliphatic carbocycles. The Morgan fingerprint density at radius 1 is 1.43 bits per heavy atom. The number of ether oxygens (including phenoxy) is 2. The molecule has 10 nitrogen and oxygen atoms in total. The van der Waals surface area contributed by atoms with E-state index in [0.29, 0.717) is 12.8 Å². The van der Waals surface area contributed by atoms with Gasteiger partial charge in [-0.05, 0) is 31.8 Å². The number of nitrogens with one attached hydrogen (secondary N) is 2. The quantitative estimate of drug-likeness (QED) is 0.457. The third-order valence-corrected chi connectivity index (χ3v) is 5.25. The minimum absolute atomic E-state index is 0.0614. The first-order valence-corrected chi connectivity index (χ1v) is 10.4. The van der Waals surface area contributed by atoms with E-state index in [-0.39, 0.29) is 24.7 Å². The highest BCUT2D eigenvalue weighted by Crippen LogP contribution is 2.34. The Morgan fingerprint density at radius 2 is 2.14 bits per heavy atom. The second-order valence-electron chi connectivity index (χ2n) is 7.09. The number of rotatable bonds is 9. The Labute approximate surface area is 163 Å².